The van der Waals surface area contributed by atoms with Crippen LogP contribution in [0.15, 0.2) is 27.8 Å². The van der Waals surface area contributed by atoms with Crippen molar-refractivity contribution in [1.29, 1.82) is 0 Å². The summed E-state index contributed by atoms with van der Waals surface area (Å²) in [5, 5.41) is 8.14. The fraction of sp³-hybridized carbons (Fsp3) is 0.471. The first-order valence-corrected chi connectivity index (χ1v) is 8.58. The van der Waals surface area contributed by atoms with E-state index in [2.05, 4.69) is 10.2 Å². The van der Waals surface area contributed by atoms with Gasteiger partial charge in [0.2, 0.25) is 0 Å². The summed E-state index contributed by atoms with van der Waals surface area (Å²) in [6.45, 7) is 9.64. The highest BCUT2D eigenvalue weighted by Crippen LogP contribution is 2.22. The second-order valence-corrected chi connectivity index (χ2v) is 7.32. The first-order chi connectivity index (χ1) is 11.2. The molecule has 0 aliphatic carbocycles. The molecular weight excluding hydrogens is 328 g/mol. The molecule has 7 heteroatoms. The number of hydrogen-bond acceptors (Lipinski definition) is 7. The molecule has 0 N–H and O–H groups in total. The van der Waals surface area contributed by atoms with Crippen molar-refractivity contribution in [1.82, 2.24) is 10.2 Å². The van der Waals surface area contributed by atoms with Gasteiger partial charge in [0, 0.05) is 0 Å². The maximum atomic E-state index is 11.7. The van der Waals surface area contributed by atoms with Crippen LogP contribution >= 0.6 is 11.8 Å². The van der Waals surface area contributed by atoms with Gasteiger partial charge in [-0.15, -0.1) is 10.2 Å². The monoisotopic (exact) mass is 350 g/mol. The maximum Gasteiger partial charge on any atom is 0.316 e. The molecule has 0 unspecified atom stereocenters. The molecular formula is C17H22N2O4S. The Bertz CT molecular complexity index is 707. The lowest BCUT2D eigenvalue weighted by Crippen LogP contribution is -2.24. The van der Waals surface area contributed by atoms with Crippen molar-refractivity contribution in [2.75, 3.05) is 5.75 Å². The van der Waals surface area contributed by atoms with Crippen LogP contribution in [0.4, 0.5) is 0 Å². The molecule has 2 rings (SSSR count). The van der Waals surface area contributed by atoms with E-state index < -0.39 is 5.60 Å². The van der Waals surface area contributed by atoms with Crippen LogP contribution in [-0.4, -0.2) is 27.5 Å². The molecule has 6 nitrogen and oxygen atoms in total. The molecule has 0 aliphatic rings. The SMILES string of the molecule is Cc1ccc(C)c(OCc2nnc(SCC(=O)OC(C)(C)C)o2)c1. The fourth-order valence-electron chi connectivity index (χ4n) is 1.85. The van der Waals surface area contributed by atoms with E-state index in [0.717, 1.165) is 28.6 Å². The number of benzene rings is 1. The normalized spacial score (nSPS) is 11.4. The van der Waals surface area contributed by atoms with Crippen LogP contribution in [0.25, 0.3) is 0 Å². The predicted octanol–water partition coefficient (Wildman–Crippen LogP) is 3.70. The van der Waals surface area contributed by atoms with Crippen LogP contribution in [0.2, 0.25) is 0 Å². The number of ether oxygens (including phenoxy) is 2. The Hall–Kier alpha value is -2.02. The van der Waals surface area contributed by atoms with Gasteiger partial charge in [-0.3, -0.25) is 4.79 Å². The van der Waals surface area contributed by atoms with Gasteiger partial charge in [-0.25, -0.2) is 0 Å². The number of aromatic nitrogens is 2. The Balaban J connectivity index is 1.85. The van der Waals surface area contributed by atoms with Gasteiger partial charge in [0.15, 0.2) is 6.61 Å². The summed E-state index contributed by atoms with van der Waals surface area (Å²) < 4.78 is 16.4. The summed E-state index contributed by atoms with van der Waals surface area (Å²) in [5.41, 5.74) is 1.66. The van der Waals surface area contributed by atoms with E-state index in [0.29, 0.717) is 11.1 Å². The van der Waals surface area contributed by atoms with Gasteiger partial charge in [-0.1, -0.05) is 23.9 Å². The highest BCUT2D eigenvalue weighted by Gasteiger charge is 2.17. The number of nitrogens with zero attached hydrogens (tertiary/aromatic N) is 2. The van der Waals surface area contributed by atoms with Crippen LogP contribution in [-0.2, 0) is 16.1 Å². The average Bonchev–Trinajstić information content (AvgIpc) is 2.92. The third kappa shape index (κ3) is 5.88. The van der Waals surface area contributed by atoms with E-state index in [1.165, 1.54) is 0 Å². The zero-order valence-corrected chi connectivity index (χ0v) is 15.4. The zero-order valence-electron chi connectivity index (χ0n) is 14.6. The molecule has 1 aromatic heterocycles. The van der Waals surface area contributed by atoms with Gasteiger partial charge in [-0.2, -0.15) is 0 Å². The van der Waals surface area contributed by atoms with Crippen LogP contribution < -0.4 is 4.74 Å². The zero-order chi connectivity index (χ0) is 17.7. The van der Waals surface area contributed by atoms with Gasteiger partial charge in [0.1, 0.15) is 17.1 Å². The Morgan fingerprint density at radius 3 is 2.71 bits per heavy atom. The fourth-order valence-corrected chi connectivity index (χ4v) is 2.40. The average molecular weight is 350 g/mol. The second-order valence-electron chi connectivity index (χ2n) is 6.39. The molecule has 0 aliphatic heterocycles. The lowest BCUT2D eigenvalue weighted by atomic mass is 10.1. The second kappa shape index (κ2) is 7.70. The van der Waals surface area contributed by atoms with Gasteiger partial charge in [0.05, 0.1) is 0 Å². The molecule has 0 radical (unpaired) electrons. The van der Waals surface area contributed by atoms with Gasteiger partial charge in [-0.05, 0) is 51.8 Å². The van der Waals surface area contributed by atoms with Gasteiger partial charge < -0.3 is 13.9 Å². The minimum atomic E-state index is -0.503. The molecule has 24 heavy (non-hydrogen) atoms. The Morgan fingerprint density at radius 2 is 2.00 bits per heavy atom. The van der Waals surface area contributed by atoms with Crippen LogP contribution in [0.1, 0.15) is 37.8 Å². The molecule has 0 amide bonds. The summed E-state index contributed by atoms with van der Waals surface area (Å²) in [5.74, 6) is 0.953. The molecule has 0 spiro atoms. The minimum absolute atomic E-state index is 0.122. The molecule has 0 bridgehead atoms. The number of hydrogen-bond donors (Lipinski definition) is 0. The van der Waals surface area contributed by atoms with E-state index in [1.54, 1.807) is 0 Å². The van der Waals surface area contributed by atoms with E-state index in [1.807, 2.05) is 52.8 Å². The molecule has 0 saturated carbocycles. The number of rotatable bonds is 6. The van der Waals surface area contributed by atoms with Crippen molar-refractivity contribution >= 4 is 17.7 Å². The smallest absolute Gasteiger partial charge is 0.316 e. The molecule has 0 saturated heterocycles. The molecule has 2 aromatic rings. The Labute approximate surface area is 145 Å². The third-order valence-electron chi connectivity index (χ3n) is 2.88. The number of esters is 1. The van der Waals surface area contributed by atoms with E-state index in [-0.39, 0.29) is 18.3 Å². The quantitative estimate of drug-likeness (QED) is 0.581. The molecule has 0 fully saturated rings. The number of carbonyl (C=O) groups excluding carboxylic acids is 1. The predicted molar refractivity (Wildman–Crippen MR) is 91.1 cm³/mol. The third-order valence-corrected chi connectivity index (χ3v) is 3.67. The van der Waals surface area contributed by atoms with Crippen LogP contribution in [0.5, 0.6) is 5.75 Å². The van der Waals surface area contributed by atoms with E-state index in [9.17, 15) is 4.79 Å². The Morgan fingerprint density at radius 1 is 1.25 bits per heavy atom. The van der Waals surface area contributed by atoms with Crippen molar-refractivity contribution in [2.24, 2.45) is 0 Å². The van der Waals surface area contributed by atoms with Gasteiger partial charge in [0.25, 0.3) is 11.1 Å². The minimum Gasteiger partial charge on any atom is -0.484 e. The van der Waals surface area contributed by atoms with Crippen molar-refractivity contribution in [2.45, 2.75) is 52.0 Å². The maximum absolute atomic E-state index is 11.7. The summed E-state index contributed by atoms with van der Waals surface area (Å²) in [6.07, 6.45) is 0. The molecule has 1 heterocycles. The van der Waals surface area contributed by atoms with Crippen molar-refractivity contribution in [3.05, 3.63) is 35.2 Å². The van der Waals surface area contributed by atoms with Crippen molar-refractivity contribution in [3.8, 4) is 5.75 Å². The summed E-state index contributed by atoms with van der Waals surface area (Å²) >= 11 is 1.15. The first-order valence-electron chi connectivity index (χ1n) is 7.60. The topological polar surface area (TPSA) is 74.5 Å². The standard InChI is InChI=1S/C17H22N2O4S/c1-11-6-7-12(2)13(8-11)21-9-14-18-19-16(22-14)24-10-15(20)23-17(3,4)5/h6-8H,9-10H2,1-5H3. The Kier molecular flexibility index (Phi) is 5.88. The largest absolute Gasteiger partial charge is 0.484 e. The van der Waals surface area contributed by atoms with Crippen molar-refractivity contribution < 1.29 is 18.7 Å². The van der Waals surface area contributed by atoms with E-state index in [4.69, 9.17) is 13.9 Å². The van der Waals surface area contributed by atoms with Gasteiger partial charge >= 0.3 is 5.97 Å². The number of carbonyl (C=O) groups is 1. The lowest BCUT2D eigenvalue weighted by molar-refractivity contribution is -0.151. The highest BCUT2D eigenvalue weighted by atomic mass is 32.2. The highest BCUT2D eigenvalue weighted by molar-refractivity contribution is 7.99. The summed E-state index contributed by atoms with van der Waals surface area (Å²) in [6, 6.07) is 5.99. The molecule has 130 valence electrons. The van der Waals surface area contributed by atoms with Crippen LogP contribution in [0.3, 0.4) is 0 Å². The summed E-state index contributed by atoms with van der Waals surface area (Å²) in [4.78, 5) is 11.7. The number of thioether (sulfide) groups is 1. The first kappa shape index (κ1) is 18.3. The lowest BCUT2D eigenvalue weighted by Gasteiger charge is -2.18. The van der Waals surface area contributed by atoms with Crippen LogP contribution in [0, 0.1) is 13.8 Å². The van der Waals surface area contributed by atoms with E-state index >= 15 is 0 Å². The number of aryl methyl sites for hydroxylation is 2. The molecule has 1 aromatic carbocycles. The summed E-state index contributed by atoms with van der Waals surface area (Å²) in [7, 11) is 0. The van der Waals surface area contributed by atoms with Crippen molar-refractivity contribution in [3.63, 3.8) is 0 Å². The molecule has 0 atom stereocenters.